The standard InChI is InChI=1S/C14H25NO3/c1-11(13(2,3)4)9-12(16)15-10-14(17)5-7-18-8-6-14/h9,17H,5-8,10H2,1-4H3,(H,15,16). The number of allylic oxidation sites excluding steroid dienone is 1. The summed E-state index contributed by atoms with van der Waals surface area (Å²) < 4.78 is 5.20. The van der Waals surface area contributed by atoms with E-state index in [1.54, 1.807) is 6.08 Å². The van der Waals surface area contributed by atoms with Gasteiger partial charge in [-0.15, -0.1) is 0 Å². The van der Waals surface area contributed by atoms with Crippen molar-refractivity contribution >= 4 is 5.91 Å². The first-order valence-electron chi connectivity index (χ1n) is 6.50. The first-order valence-corrected chi connectivity index (χ1v) is 6.50. The summed E-state index contributed by atoms with van der Waals surface area (Å²) in [6.07, 6.45) is 2.77. The van der Waals surface area contributed by atoms with E-state index < -0.39 is 5.60 Å². The van der Waals surface area contributed by atoms with E-state index >= 15 is 0 Å². The second-order valence-electron chi connectivity index (χ2n) is 6.13. The normalized spacial score (nSPS) is 20.6. The van der Waals surface area contributed by atoms with Gasteiger partial charge in [0.05, 0.1) is 5.60 Å². The highest BCUT2D eigenvalue weighted by Gasteiger charge is 2.29. The molecule has 0 atom stereocenters. The fourth-order valence-corrected chi connectivity index (χ4v) is 1.64. The lowest BCUT2D eigenvalue weighted by atomic mass is 9.87. The highest BCUT2D eigenvalue weighted by Crippen LogP contribution is 2.24. The number of hydrogen-bond donors (Lipinski definition) is 2. The topological polar surface area (TPSA) is 58.6 Å². The van der Waals surface area contributed by atoms with Gasteiger partial charge in [0.2, 0.25) is 5.91 Å². The van der Waals surface area contributed by atoms with Crippen LogP contribution in [0.2, 0.25) is 0 Å². The summed E-state index contributed by atoms with van der Waals surface area (Å²) in [6.45, 7) is 9.56. The van der Waals surface area contributed by atoms with E-state index in [2.05, 4.69) is 26.1 Å². The van der Waals surface area contributed by atoms with E-state index in [9.17, 15) is 9.90 Å². The summed E-state index contributed by atoms with van der Waals surface area (Å²) in [4.78, 5) is 11.8. The number of carbonyl (C=O) groups is 1. The predicted octanol–water partition coefficient (Wildman–Crippen LogP) is 1.64. The molecule has 0 saturated carbocycles. The molecule has 18 heavy (non-hydrogen) atoms. The average Bonchev–Trinajstić information content (AvgIpc) is 2.26. The molecule has 2 N–H and O–H groups in total. The Morgan fingerprint density at radius 1 is 1.39 bits per heavy atom. The Hall–Kier alpha value is -0.870. The maximum atomic E-state index is 11.8. The minimum absolute atomic E-state index is 0.00702. The van der Waals surface area contributed by atoms with Crippen LogP contribution in [0.3, 0.4) is 0 Å². The van der Waals surface area contributed by atoms with Gasteiger partial charge in [-0.3, -0.25) is 4.79 Å². The number of hydrogen-bond acceptors (Lipinski definition) is 3. The molecule has 0 aromatic heterocycles. The number of rotatable bonds is 3. The minimum Gasteiger partial charge on any atom is -0.388 e. The van der Waals surface area contributed by atoms with Crippen molar-refractivity contribution < 1.29 is 14.6 Å². The van der Waals surface area contributed by atoms with Gasteiger partial charge in [0, 0.05) is 38.7 Å². The maximum absolute atomic E-state index is 11.8. The zero-order valence-corrected chi connectivity index (χ0v) is 11.9. The molecule has 0 aliphatic carbocycles. The third-order valence-corrected chi connectivity index (χ3v) is 3.55. The monoisotopic (exact) mass is 255 g/mol. The molecule has 104 valence electrons. The lowest BCUT2D eigenvalue weighted by molar-refractivity contribution is -0.119. The van der Waals surface area contributed by atoms with Gasteiger partial charge in [-0.1, -0.05) is 26.3 Å². The summed E-state index contributed by atoms with van der Waals surface area (Å²) in [5, 5.41) is 13.0. The molecular formula is C14H25NO3. The number of ether oxygens (including phenoxy) is 1. The van der Waals surface area contributed by atoms with Crippen molar-refractivity contribution in [3.05, 3.63) is 11.6 Å². The molecule has 0 aromatic carbocycles. The molecule has 1 saturated heterocycles. The summed E-state index contributed by atoms with van der Waals surface area (Å²) in [7, 11) is 0. The van der Waals surface area contributed by atoms with Crippen LogP contribution >= 0.6 is 0 Å². The van der Waals surface area contributed by atoms with E-state index in [0.29, 0.717) is 32.6 Å². The van der Waals surface area contributed by atoms with Crippen molar-refractivity contribution in [1.82, 2.24) is 5.32 Å². The van der Waals surface area contributed by atoms with Crippen molar-refractivity contribution in [3.63, 3.8) is 0 Å². The number of aliphatic hydroxyl groups is 1. The summed E-state index contributed by atoms with van der Waals surface area (Å²) in [5.41, 5.74) is 0.212. The number of nitrogens with one attached hydrogen (secondary N) is 1. The van der Waals surface area contributed by atoms with Crippen molar-refractivity contribution in [2.24, 2.45) is 5.41 Å². The lowest BCUT2D eigenvalue weighted by Crippen LogP contribution is -2.46. The van der Waals surface area contributed by atoms with Crippen LogP contribution in [0, 0.1) is 5.41 Å². The van der Waals surface area contributed by atoms with Gasteiger partial charge in [0.15, 0.2) is 0 Å². The molecule has 4 nitrogen and oxygen atoms in total. The SMILES string of the molecule is CC(=CC(=O)NCC1(O)CCOCC1)C(C)(C)C. The predicted molar refractivity (Wildman–Crippen MR) is 71.2 cm³/mol. The van der Waals surface area contributed by atoms with Crippen LogP contribution in [0.4, 0.5) is 0 Å². The average molecular weight is 255 g/mol. The van der Waals surface area contributed by atoms with E-state index in [-0.39, 0.29) is 11.3 Å². The molecule has 0 radical (unpaired) electrons. The van der Waals surface area contributed by atoms with Gasteiger partial charge in [-0.05, 0) is 12.3 Å². The summed E-state index contributed by atoms with van der Waals surface area (Å²) >= 11 is 0. The van der Waals surface area contributed by atoms with Gasteiger partial charge in [0.1, 0.15) is 0 Å². The molecule has 0 aromatic rings. The van der Waals surface area contributed by atoms with Crippen LogP contribution in [0.1, 0.15) is 40.5 Å². The Morgan fingerprint density at radius 2 is 1.94 bits per heavy atom. The highest BCUT2D eigenvalue weighted by molar-refractivity contribution is 5.88. The molecule has 1 amide bonds. The van der Waals surface area contributed by atoms with Crippen LogP contribution in [0.5, 0.6) is 0 Å². The van der Waals surface area contributed by atoms with Gasteiger partial charge >= 0.3 is 0 Å². The Morgan fingerprint density at radius 3 is 2.44 bits per heavy atom. The second kappa shape index (κ2) is 5.85. The highest BCUT2D eigenvalue weighted by atomic mass is 16.5. The molecule has 4 heteroatoms. The minimum atomic E-state index is -0.808. The Kier molecular flexibility index (Phi) is 4.93. The van der Waals surface area contributed by atoms with E-state index in [1.807, 2.05) is 6.92 Å². The molecule has 0 spiro atoms. The van der Waals surface area contributed by atoms with Crippen molar-refractivity contribution in [2.45, 2.75) is 46.1 Å². The largest absolute Gasteiger partial charge is 0.388 e. The molecule has 1 aliphatic rings. The van der Waals surface area contributed by atoms with E-state index in [1.165, 1.54) is 0 Å². The molecule has 1 fully saturated rings. The molecule has 0 unspecified atom stereocenters. The second-order valence-corrected chi connectivity index (χ2v) is 6.13. The Labute approximate surface area is 109 Å². The number of carbonyl (C=O) groups excluding carboxylic acids is 1. The molecule has 0 bridgehead atoms. The fraction of sp³-hybridized carbons (Fsp3) is 0.786. The summed E-state index contributed by atoms with van der Waals surface area (Å²) in [5.74, 6) is -0.137. The lowest BCUT2D eigenvalue weighted by Gasteiger charge is -2.32. The van der Waals surface area contributed by atoms with Gasteiger partial charge in [-0.25, -0.2) is 0 Å². The smallest absolute Gasteiger partial charge is 0.244 e. The van der Waals surface area contributed by atoms with Crippen LogP contribution < -0.4 is 5.32 Å². The fourth-order valence-electron chi connectivity index (χ4n) is 1.64. The Bertz CT molecular complexity index is 322. The zero-order valence-electron chi connectivity index (χ0n) is 11.9. The van der Waals surface area contributed by atoms with Crippen molar-refractivity contribution in [1.29, 1.82) is 0 Å². The van der Waals surface area contributed by atoms with Crippen LogP contribution in [-0.4, -0.2) is 36.4 Å². The van der Waals surface area contributed by atoms with Crippen molar-refractivity contribution in [3.8, 4) is 0 Å². The first-order chi connectivity index (χ1) is 8.23. The van der Waals surface area contributed by atoms with Crippen LogP contribution in [0.15, 0.2) is 11.6 Å². The number of amides is 1. The van der Waals surface area contributed by atoms with Gasteiger partial charge in [-0.2, -0.15) is 0 Å². The quantitative estimate of drug-likeness (QED) is 0.754. The Balaban J connectivity index is 2.46. The zero-order chi connectivity index (χ0) is 13.8. The summed E-state index contributed by atoms with van der Waals surface area (Å²) in [6, 6.07) is 0. The molecule has 1 heterocycles. The van der Waals surface area contributed by atoms with Gasteiger partial charge < -0.3 is 15.2 Å². The van der Waals surface area contributed by atoms with E-state index in [4.69, 9.17) is 4.74 Å². The first kappa shape index (κ1) is 15.2. The third kappa shape index (κ3) is 4.78. The van der Waals surface area contributed by atoms with E-state index in [0.717, 1.165) is 5.57 Å². The molecule has 1 rings (SSSR count). The van der Waals surface area contributed by atoms with Crippen LogP contribution in [-0.2, 0) is 9.53 Å². The van der Waals surface area contributed by atoms with Gasteiger partial charge in [0.25, 0.3) is 0 Å². The third-order valence-electron chi connectivity index (χ3n) is 3.55. The van der Waals surface area contributed by atoms with Crippen LogP contribution in [0.25, 0.3) is 0 Å². The molecule has 1 aliphatic heterocycles. The molecular weight excluding hydrogens is 230 g/mol. The van der Waals surface area contributed by atoms with Crippen molar-refractivity contribution in [2.75, 3.05) is 19.8 Å². The maximum Gasteiger partial charge on any atom is 0.244 e.